The van der Waals surface area contributed by atoms with Crippen molar-refractivity contribution in [2.75, 3.05) is 7.05 Å². The minimum atomic E-state index is 0.329. The van der Waals surface area contributed by atoms with E-state index < -0.39 is 0 Å². The highest BCUT2D eigenvalue weighted by Crippen LogP contribution is 2.25. The van der Waals surface area contributed by atoms with Crippen LogP contribution in [0.5, 0.6) is 0 Å². The van der Waals surface area contributed by atoms with Crippen LogP contribution in [-0.2, 0) is 5.75 Å². The molecule has 0 spiro atoms. The molecule has 1 heterocycles. The first-order chi connectivity index (χ1) is 9.20. The van der Waals surface area contributed by atoms with Crippen LogP contribution in [0.3, 0.4) is 0 Å². The van der Waals surface area contributed by atoms with Gasteiger partial charge in [-0.15, -0.1) is 11.8 Å². The topological polar surface area (TPSA) is 24.9 Å². The summed E-state index contributed by atoms with van der Waals surface area (Å²) in [5, 5.41) is 5.04. The van der Waals surface area contributed by atoms with Crippen LogP contribution in [0.4, 0.5) is 0 Å². The third-order valence-corrected chi connectivity index (χ3v) is 4.39. The summed E-state index contributed by atoms with van der Waals surface area (Å²) in [5.74, 6) is 0.841. The number of pyridine rings is 1. The van der Waals surface area contributed by atoms with Crippen LogP contribution in [0.25, 0.3) is 0 Å². The van der Waals surface area contributed by atoms with E-state index in [-0.39, 0.29) is 0 Å². The summed E-state index contributed by atoms with van der Waals surface area (Å²) < 4.78 is 0. The van der Waals surface area contributed by atoms with Crippen molar-refractivity contribution in [3.8, 4) is 0 Å². The van der Waals surface area contributed by atoms with Crippen LogP contribution in [-0.4, -0.2) is 12.0 Å². The number of aromatic nitrogens is 1. The highest BCUT2D eigenvalue weighted by atomic mass is 35.5. The monoisotopic (exact) mass is 292 g/mol. The van der Waals surface area contributed by atoms with E-state index >= 15 is 0 Å². The fourth-order valence-corrected chi connectivity index (χ4v) is 2.80. The second-order valence-corrected chi connectivity index (χ2v) is 5.72. The van der Waals surface area contributed by atoms with Crippen LogP contribution < -0.4 is 5.32 Å². The van der Waals surface area contributed by atoms with Gasteiger partial charge >= 0.3 is 0 Å². The van der Waals surface area contributed by atoms with Crippen molar-refractivity contribution in [3.63, 3.8) is 0 Å². The summed E-state index contributed by atoms with van der Waals surface area (Å²) in [6, 6.07) is 12.4. The molecule has 2 rings (SSSR count). The normalized spacial score (nSPS) is 12.4. The van der Waals surface area contributed by atoms with Gasteiger partial charge in [0.25, 0.3) is 0 Å². The Balaban J connectivity index is 1.99. The second kappa shape index (κ2) is 6.94. The zero-order valence-electron chi connectivity index (χ0n) is 11.1. The molecular weight excluding hydrogens is 276 g/mol. The molecule has 0 radical (unpaired) electrons. The van der Waals surface area contributed by atoms with Gasteiger partial charge in [0.2, 0.25) is 0 Å². The van der Waals surface area contributed by atoms with Gasteiger partial charge in [-0.05, 0) is 37.2 Å². The molecule has 0 saturated heterocycles. The molecule has 1 N–H and O–H groups in total. The molecule has 1 aromatic heterocycles. The van der Waals surface area contributed by atoms with Crippen LogP contribution in [0.1, 0.15) is 24.1 Å². The number of thioether (sulfide) groups is 1. The SMILES string of the molecule is CNC(C)c1ccc(SCc2ccccc2Cl)nc1. The summed E-state index contributed by atoms with van der Waals surface area (Å²) in [6.07, 6.45) is 1.93. The maximum Gasteiger partial charge on any atom is 0.0963 e. The first-order valence-corrected chi connectivity index (χ1v) is 7.56. The lowest BCUT2D eigenvalue weighted by Gasteiger charge is -2.10. The Morgan fingerprint density at radius 2 is 2.05 bits per heavy atom. The van der Waals surface area contributed by atoms with E-state index in [4.69, 9.17) is 11.6 Å². The van der Waals surface area contributed by atoms with Crippen molar-refractivity contribution in [2.24, 2.45) is 0 Å². The third-order valence-electron chi connectivity index (χ3n) is 3.03. The van der Waals surface area contributed by atoms with Gasteiger partial charge in [0.1, 0.15) is 0 Å². The highest BCUT2D eigenvalue weighted by Gasteiger charge is 2.04. The lowest BCUT2D eigenvalue weighted by Crippen LogP contribution is -2.12. The number of hydrogen-bond donors (Lipinski definition) is 1. The van der Waals surface area contributed by atoms with Gasteiger partial charge in [-0.1, -0.05) is 35.9 Å². The molecule has 0 bridgehead atoms. The summed E-state index contributed by atoms with van der Waals surface area (Å²) in [6.45, 7) is 2.12. The molecule has 1 aromatic carbocycles. The number of nitrogens with one attached hydrogen (secondary N) is 1. The van der Waals surface area contributed by atoms with Crippen LogP contribution in [0, 0.1) is 0 Å². The van der Waals surface area contributed by atoms with E-state index in [1.54, 1.807) is 11.8 Å². The van der Waals surface area contributed by atoms with Crippen LogP contribution >= 0.6 is 23.4 Å². The molecular formula is C15H17ClN2S. The van der Waals surface area contributed by atoms with Gasteiger partial charge in [-0.2, -0.15) is 0 Å². The van der Waals surface area contributed by atoms with Crippen molar-refractivity contribution in [1.82, 2.24) is 10.3 Å². The number of halogens is 1. The Labute approximate surface area is 123 Å². The van der Waals surface area contributed by atoms with Crippen LogP contribution in [0.15, 0.2) is 47.6 Å². The van der Waals surface area contributed by atoms with Crippen molar-refractivity contribution in [3.05, 3.63) is 58.7 Å². The Morgan fingerprint density at radius 1 is 1.26 bits per heavy atom. The minimum absolute atomic E-state index is 0.329. The van der Waals surface area contributed by atoms with Crippen molar-refractivity contribution in [1.29, 1.82) is 0 Å². The van der Waals surface area contributed by atoms with Crippen LogP contribution in [0.2, 0.25) is 5.02 Å². The lowest BCUT2D eigenvalue weighted by atomic mass is 10.1. The molecule has 0 amide bonds. The fourth-order valence-electron chi connectivity index (χ4n) is 1.67. The van der Waals surface area contributed by atoms with Gasteiger partial charge < -0.3 is 5.32 Å². The number of rotatable bonds is 5. The standard InChI is InChI=1S/C15H17ClN2S/c1-11(17-2)12-7-8-15(18-9-12)19-10-13-5-3-4-6-14(13)16/h3-9,11,17H,10H2,1-2H3. The molecule has 0 saturated carbocycles. The van der Waals surface area contributed by atoms with Gasteiger partial charge in [-0.3, -0.25) is 0 Å². The predicted molar refractivity (Wildman–Crippen MR) is 82.7 cm³/mol. The quantitative estimate of drug-likeness (QED) is 0.831. The zero-order valence-corrected chi connectivity index (χ0v) is 12.6. The second-order valence-electron chi connectivity index (χ2n) is 4.32. The molecule has 0 aliphatic heterocycles. The van der Waals surface area contributed by atoms with Crippen molar-refractivity contribution in [2.45, 2.75) is 23.7 Å². The van der Waals surface area contributed by atoms with E-state index in [9.17, 15) is 0 Å². The Kier molecular flexibility index (Phi) is 5.25. The average molecular weight is 293 g/mol. The van der Waals surface area contributed by atoms with E-state index in [1.165, 1.54) is 5.56 Å². The van der Waals surface area contributed by atoms with E-state index in [0.29, 0.717) is 6.04 Å². The first-order valence-electron chi connectivity index (χ1n) is 6.20. The Hall–Kier alpha value is -1.03. The van der Waals surface area contributed by atoms with Gasteiger partial charge in [0, 0.05) is 23.0 Å². The summed E-state index contributed by atoms with van der Waals surface area (Å²) >= 11 is 7.83. The molecule has 4 heteroatoms. The van der Waals surface area contributed by atoms with Gasteiger partial charge in [0.15, 0.2) is 0 Å². The molecule has 0 aliphatic rings. The molecule has 2 nitrogen and oxygen atoms in total. The van der Waals surface area contributed by atoms with Crippen molar-refractivity contribution < 1.29 is 0 Å². The molecule has 1 atom stereocenters. The smallest absolute Gasteiger partial charge is 0.0963 e. The van der Waals surface area contributed by atoms with E-state index in [1.807, 2.05) is 37.5 Å². The van der Waals surface area contributed by atoms with E-state index in [2.05, 4.69) is 29.4 Å². The van der Waals surface area contributed by atoms with E-state index in [0.717, 1.165) is 21.4 Å². The number of hydrogen-bond acceptors (Lipinski definition) is 3. The molecule has 2 aromatic rings. The first kappa shape index (κ1) is 14.4. The maximum absolute atomic E-state index is 6.13. The molecule has 0 fully saturated rings. The third kappa shape index (κ3) is 3.96. The number of nitrogens with zero attached hydrogens (tertiary/aromatic N) is 1. The molecule has 19 heavy (non-hydrogen) atoms. The van der Waals surface area contributed by atoms with Crippen molar-refractivity contribution >= 4 is 23.4 Å². The molecule has 100 valence electrons. The highest BCUT2D eigenvalue weighted by molar-refractivity contribution is 7.98. The Bertz CT molecular complexity index is 528. The minimum Gasteiger partial charge on any atom is -0.313 e. The van der Waals surface area contributed by atoms with Gasteiger partial charge in [-0.25, -0.2) is 4.98 Å². The zero-order chi connectivity index (χ0) is 13.7. The van der Waals surface area contributed by atoms with Gasteiger partial charge in [0.05, 0.1) is 5.03 Å². The summed E-state index contributed by atoms with van der Waals surface area (Å²) in [4.78, 5) is 4.47. The molecule has 0 aliphatic carbocycles. The number of benzene rings is 1. The fraction of sp³-hybridized carbons (Fsp3) is 0.267. The Morgan fingerprint density at radius 3 is 2.68 bits per heavy atom. The largest absolute Gasteiger partial charge is 0.313 e. The summed E-state index contributed by atoms with van der Waals surface area (Å²) in [5.41, 5.74) is 2.34. The summed E-state index contributed by atoms with van der Waals surface area (Å²) in [7, 11) is 1.95. The average Bonchev–Trinajstić information content (AvgIpc) is 2.46. The maximum atomic E-state index is 6.13. The molecule has 1 unspecified atom stereocenters. The lowest BCUT2D eigenvalue weighted by molar-refractivity contribution is 0.648. The predicted octanol–water partition coefficient (Wildman–Crippen LogP) is 4.31.